The molecule has 4 atom stereocenters. The van der Waals surface area contributed by atoms with Gasteiger partial charge in [-0.15, -0.1) is 0 Å². The Hall–Kier alpha value is -0.850. The van der Waals surface area contributed by atoms with E-state index in [1.54, 1.807) is 6.92 Å². The standard InChI is InChI=1S/C13H18O/c1-8(2)6-12-10-4-5-11(7-10)13(12)9(3)14/h4-6,10-13H,7H2,1-3H3. The predicted molar refractivity (Wildman–Crippen MR) is 57.8 cm³/mol. The van der Waals surface area contributed by atoms with Crippen molar-refractivity contribution in [3.63, 3.8) is 0 Å². The van der Waals surface area contributed by atoms with Crippen molar-refractivity contribution in [3.05, 3.63) is 23.8 Å². The molecule has 14 heavy (non-hydrogen) atoms. The minimum Gasteiger partial charge on any atom is -0.300 e. The zero-order valence-electron chi connectivity index (χ0n) is 9.16. The Balaban J connectivity index is 2.27. The highest BCUT2D eigenvalue weighted by atomic mass is 16.1. The van der Waals surface area contributed by atoms with Crippen LogP contribution in [0.5, 0.6) is 0 Å². The quantitative estimate of drug-likeness (QED) is 0.612. The number of carbonyl (C=O) groups excluding carboxylic acids is 1. The van der Waals surface area contributed by atoms with Crippen molar-refractivity contribution in [2.24, 2.45) is 23.7 Å². The normalized spacial score (nSPS) is 38.8. The van der Waals surface area contributed by atoms with Crippen LogP contribution in [-0.2, 0) is 4.79 Å². The lowest BCUT2D eigenvalue weighted by molar-refractivity contribution is -0.122. The predicted octanol–water partition coefficient (Wildman–Crippen LogP) is 2.98. The Morgan fingerprint density at radius 2 is 1.86 bits per heavy atom. The number of hydrogen-bond donors (Lipinski definition) is 0. The van der Waals surface area contributed by atoms with Crippen LogP contribution in [0.1, 0.15) is 27.2 Å². The summed E-state index contributed by atoms with van der Waals surface area (Å²) in [4.78, 5) is 11.6. The Morgan fingerprint density at radius 3 is 2.43 bits per heavy atom. The molecule has 4 unspecified atom stereocenters. The van der Waals surface area contributed by atoms with Gasteiger partial charge in [0.05, 0.1) is 0 Å². The molecule has 0 aromatic rings. The molecule has 76 valence electrons. The summed E-state index contributed by atoms with van der Waals surface area (Å²) in [5.41, 5.74) is 1.34. The van der Waals surface area contributed by atoms with E-state index in [1.165, 1.54) is 12.0 Å². The molecule has 1 heteroatoms. The highest BCUT2D eigenvalue weighted by Crippen LogP contribution is 2.49. The van der Waals surface area contributed by atoms with E-state index in [9.17, 15) is 4.79 Å². The van der Waals surface area contributed by atoms with Gasteiger partial charge in [-0.2, -0.15) is 0 Å². The Kier molecular flexibility index (Phi) is 2.34. The second-order valence-electron chi connectivity index (χ2n) is 4.91. The number of fused-ring (bicyclic) bond motifs is 2. The Bertz CT molecular complexity index is 307. The van der Waals surface area contributed by atoms with Gasteiger partial charge in [0.2, 0.25) is 0 Å². The summed E-state index contributed by atoms with van der Waals surface area (Å²) in [5.74, 6) is 2.26. The average molecular weight is 190 g/mol. The Morgan fingerprint density at radius 1 is 1.21 bits per heavy atom. The lowest BCUT2D eigenvalue weighted by atomic mass is 9.80. The molecule has 0 amide bonds. The van der Waals surface area contributed by atoms with Crippen molar-refractivity contribution in [3.8, 4) is 0 Å². The molecule has 0 radical (unpaired) electrons. The third kappa shape index (κ3) is 1.45. The van der Waals surface area contributed by atoms with Gasteiger partial charge >= 0.3 is 0 Å². The first kappa shape index (κ1) is 9.70. The molecule has 0 saturated heterocycles. The first-order valence-electron chi connectivity index (χ1n) is 5.43. The van der Waals surface area contributed by atoms with E-state index >= 15 is 0 Å². The summed E-state index contributed by atoms with van der Waals surface area (Å²) >= 11 is 0. The molecule has 1 nitrogen and oxygen atoms in total. The molecular formula is C13H18O. The maximum Gasteiger partial charge on any atom is 0.134 e. The van der Waals surface area contributed by atoms with Crippen LogP contribution in [-0.4, -0.2) is 5.78 Å². The summed E-state index contributed by atoms with van der Waals surface area (Å²) < 4.78 is 0. The van der Waals surface area contributed by atoms with Crippen molar-refractivity contribution in [2.75, 3.05) is 0 Å². The summed E-state index contributed by atoms with van der Waals surface area (Å²) in [6.45, 7) is 5.98. The summed E-state index contributed by atoms with van der Waals surface area (Å²) in [6, 6.07) is 0. The number of Topliss-reactive ketones (excluding diaryl/α,β-unsaturated/α-hetero) is 1. The minimum absolute atomic E-state index is 0.264. The van der Waals surface area contributed by atoms with Crippen LogP contribution < -0.4 is 0 Å². The van der Waals surface area contributed by atoms with Crippen molar-refractivity contribution in [2.45, 2.75) is 27.2 Å². The molecular weight excluding hydrogens is 172 g/mol. The van der Waals surface area contributed by atoms with E-state index in [2.05, 4.69) is 32.1 Å². The van der Waals surface area contributed by atoms with E-state index in [1.807, 2.05) is 0 Å². The van der Waals surface area contributed by atoms with Crippen LogP contribution in [0.15, 0.2) is 23.8 Å². The third-order valence-corrected chi connectivity index (χ3v) is 3.52. The van der Waals surface area contributed by atoms with Crippen LogP contribution in [0.25, 0.3) is 0 Å². The molecule has 0 aromatic heterocycles. The highest BCUT2D eigenvalue weighted by Gasteiger charge is 2.45. The molecule has 2 bridgehead atoms. The molecule has 0 heterocycles. The van der Waals surface area contributed by atoms with E-state index in [0.29, 0.717) is 23.5 Å². The number of allylic oxidation sites excluding steroid dienone is 4. The van der Waals surface area contributed by atoms with Gasteiger partial charge in [0, 0.05) is 5.92 Å². The smallest absolute Gasteiger partial charge is 0.134 e. The lowest BCUT2D eigenvalue weighted by Crippen LogP contribution is -2.24. The van der Waals surface area contributed by atoms with Gasteiger partial charge in [-0.1, -0.05) is 23.8 Å². The van der Waals surface area contributed by atoms with Gasteiger partial charge in [0.15, 0.2) is 0 Å². The van der Waals surface area contributed by atoms with Gasteiger partial charge in [-0.3, -0.25) is 4.79 Å². The minimum atomic E-state index is 0.264. The van der Waals surface area contributed by atoms with Crippen LogP contribution in [0, 0.1) is 23.7 Å². The molecule has 1 saturated carbocycles. The molecule has 2 rings (SSSR count). The van der Waals surface area contributed by atoms with E-state index < -0.39 is 0 Å². The molecule has 0 N–H and O–H groups in total. The number of ketones is 1. The van der Waals surface area contributed by atoms with Crippen LogP contribution in [0.2, 0.25) is 0 Å². The van der Waals surface area contributed by atoms with Crippen LogP contribution in [0.3, 0.4) is 0 Å². The first-order chi connectivity index (χ1) is 6.59. The summed E-state index contributed by atoms with van der Waals surface area (Å²) in [6.07, 6.45) is 8.03. The average Bonchev–Trinajstić information content (AvgIpc) is 2.61. The molecule has 0 aromatic carbocycles. The largest absolute Gasteiger partial charge is 0.300 e. The van der Waals surface area contributed by atoms with Gasteiger partial charge in [-0.05, 0) is 44.9 Å². The second kappa shape index (κ2) is 3.38. The second-order valence-corrected chi connectivity index (χ2v) is 4.91. The van der Waals surface area contributed by atoms with Crippen molar-refractivity contribution < 1.29 is 4.79 Å². The van der Waals surface area contributed by atoms with Crippen LogP contribution in [0.4, 0.5) is 0 Å². The third-order valence-electron chi connectivity index (χ3n) is 3.52. The van der Waals surface area contributed by atoms with Gasteiger partial charge in [0.25, 0.3) is 0 Å². The molecule has 2 aliphatic rings. The lowest BCUT2D eigenvalue weighted by Gasteiger charge is -2.23. The maximum atomic E-state index is 11.6. The van der Waals surface area contributed by atoms with E-state index in [0.717, 1.165) is 0 Å². The summed E-state index contributed by atoms with van der Waals surface area (Å²) in [7, 11) is 0. The first-order valence-corrected chi connectivity index (χ1v) is 5.43. The maximum absolute atomic E-state index is 11.6. The fraction of sp³-hybridized carbons (Fsp3) is 0.615. The zero-order chi connectivity index (χ0) is 10.3. The molecule has 1 fully saturated rings. The van der Waals surface area contributed by atoms with Gasteiger partial charge in [0.1, 0.15) is 5.78 Å². The van der Waals surface area contributed by atoms with Crippen molar-refractivity contribution in [1.82, 2.24) is 0 Å². The molecule has 2 aliphatic carbocycles. The monoisotopic (exact) mass is 190 g/mol. The zero-order valence-corrected chi connectivity index (χ0v) is 9.16. The fourth-order valence-electron chi connectivity index (χ4n) is 3.04. The fourth-order valence-corrected chi connectivity index (χ4v) is 3.04. The molecule has 0 aliphatic heterocycles. The van der Waals surface area contributed by atoms with Crippen molar-refractivity contribution >= 4 is 5.78 Å². The van der Waals surface area contributed by atoms with Gasteiger partial charge < -0.3 is 0 Å². The summed E-state index contributed by atoms with van der Waals surface area (Å²) in [5, 5.41) is 0. The molecule has 0 spiro atoms. The Labute approximate surface area is 85.9 Å². The van der Waals surface area contributed by atoms with E-state index in [-0.39, 0.29) is 5.92 Å². The van der Waals surface area contributed by atoms with Crippen molar-refractivity contribution in [1.29, 1.82) is 0 Å². The van der Waals surface area contributed by atoms with Crippen LogP contribution >= 0.6 is 0 Å². The topological polar surface area (TPSA) is 17.1 Å². The number of rotatable bonds is 2. The number of carbonyl (C=O) groups is 1. The van der Waals surface area contributed by atoms with Gasteiger partial charge in [-0.25, -0.2) is 0 Å². The SMILES string of the molecule is CC(=O)C1C2C=CC(C2)C1C=C(C)C. The number of hydrogen-bond acceptors (Lipinski definition) is 1. The van der Waals surface area contributed by atoms with E-state index in [4.69, 9.17) is 0 Å². The highest BCUT2D eigenvalue weighted by molar-refractivity contribution is 5.80.